The van der Waals surface area contributed by atoms with Gasteiger partial charge in [-0.25, -0.2) is 0 Å². The van der Waals surface area contributed by atoms with Crippen molar-refractivity contribution in [2.24, 2.45) is 0 Å². The van der Waals surface area contributed by atoms with Crippen molar-refractivity contribution in [3.05, 3.63) is 59.7 Å². The van der Waals surface area contributed by atoms with Crippen LogP contribution in [0.1, 0.15) is 30.9 Å². The third kappa shape index (κ3) is 5.95. The summed E-state index contributed by atoms with van der Waals surface area (Å²) in [5.74, 6) is 1.92. The smallest absolute Gasteiger partial charge is 0.123 e. The lowest BCUT2D eigenvalue weighted by atomic mass is 10.2. The summed E-state index contributed by atoms with van der Waals surface area (Å²) in [7, 11) is 0.881. The van der Waals surface area contributed by atoms with Crippen molar-refractivity contribution in [1.82, 2.24) is 0 Å². The minimum Gasteiger partial charge on any atom is -0.476 e. The molecule has 0 aliphatic heterocycles. The fourth-order valence-corrected chi connectivity index (χ4v) is 4.24. The van der Waals surface area contributed by atoms with Gasteiger partial charge in [-0.3, -0.25) is 0 Å². The van der Waals surface area contributed by atoms with E-state index in [1.165, 1.54) is 11.1 Å². The molecule has 0 aromatic heterocycles. The number of aryl methyl sites for hydroxylation is 2. The van der Waals surface area contributed by atoms with Gasteiger partial charge < -0.3 is 9.05 Å². The molecule has 0 spiro atoms. The summed E-state index contributed by atoms with van der Waals surface area (Å²) < 4.78 is 11.9. The van der Waals surface area contributed by atoms with Gasteiger partial charge in [0.15, 0.2) is 0 Å². The standard InChI is InChI=1S/C18H24O2P2/c1-4-7-18(21-19-16-10-5-8-14(2)12-16)22-20-17-11-6-9-15(3)13-17/h5-6,8-13,18,21-22H,4,7H2,1-3H3. The summed E-state index contributed by atoms with van der Waals surface area (Å²) in [6, 6.07) is 16.5. The first-order valence-corrected chi connectivity index (χ1v) is 9.62. The predicted octanol–water partition coefficient (Wildman–Crippen LogP) is 6.07. The van der Waals surface area contributed by atoms with Crippen molar-refractivity contribution in [3.63, 3.8) is 0 Å². The second-order valence-electron chi connectivity index (χ2n) is 5.41. The minimum atomic E-state index is 0.440. The van der Waals surface area contributed by atoms with Crippen LogP contribution >= 0.6 is 17.6 Å². The lowest BCUT2D eigenvalue weighted by Crippen LogP contribution is -1.98. The molecule has 0 fully saturated rings. The van der Waals surface area contributed by atoms with Gasteiger partial charge in [0.2, 0.25) is 0 Å². The molecule has 0 aliphatic carbocycles. The SMILES string of the molecule is CCCC(POc1cccc(C)c1)POc1cccc(C)c1. The quantitative estimate of drug-likeness (QED) is 0.545. The normalized spacial score (nSPS) is 13.0. The van der Waals surface area contributed by atoms with Crippen LogP contribution in [-0.2, 0) is 0 Å². The second-order valence-corrected chi connectivity index (χ2v) is 8.26. The van der Waals surface area contributed by atoms with Gasteiger partial charge in [0.05, 0.1) is 23.0 Å². The van der Waals surface area contributed by atoms with Crippen molar-refractivity contribution in [1.29, 1.82) is 0 Å². The first kappa shape index (κ1) is 17.3. The highest BCUT2D eigenvalue weighted by molar-refractivity contribution is 7.52. The van der Waals surface area contributed by atoms with Crippen molar-refractivity contribution >= 4 is 17.6 Å². The lowest BCUT2D eigenvalue weighted by molar-refractivity contribution is 0.602. The molecule has 118 valence electrons. The molecule has 2 nitrogen and oxygen atoms in total. The van der Waals surface area contributed by atoms with E-state index < -0.39 is 0 Å². The number of hydrogen-bond donors (Lipinski definition) is 0. The van der Waals surface area contributed by atoms with Crippen LogP contribution in [0.5, 0.6) is 11.5 Å². The number of benzene rings is 2. The molecule has 0 saturated carbocycles. The second kappa shape index (κ2) is 9.13. The fourth-order valence-electron chi connectivity index (χ4n) is 2.07. The van der Waals surface area contributed by atoms with Gasteiger partial charge in [0, 0.05) is 0 Å². The summed E-state index contributed by atoms with van der Waals surface area (Å²) in [6.45, 7) is 6.38. The Balaban J connectivity index is 1.86. The van der Waals surface area contributed by atoms with Crippen LogP contribution in [0.2, 0.25) is 0 Å². The minimum absolute atomic E-state index is 0.440. The molecule has 0 amide bonds. The zero-order valence-electron chi connectivity index (χ0n) is 13.4. The average molecular weight is 334 g/mol. The Bertz CT molecular complexity index is 537. The largest absolute Gasteiger partial charge is 0.476 e. The van der Waals surface area contributed by atoms with E-state index in [1.54, 1.807) is 0 Å². The Hall–Kier alpha value is -1.10. The van der Waals surface area contributed by atoms with Gasteiger partial charge in [-0.2, -0.15) is 0 Å². The Morgan fingerprint density at radius 3 is 1.77 bits per heavy atom. The summed E-state index contributed by atoms with van der Waals surface area (Å²) in [5.41, 5.74) is 2.46. The van der Waals surface area contributed by atoms with Crippen LogP contribution in [0.25, 0.3) is 0 Å². The average Bonchev–Trinajstić information content (AvgIpc) is 2.50. The maximum absolute atomic E-state index is 5.97. The van der Waals surface area contributed by atoms with Gasteiger partial charge in [-0.05, 0) is 55.7 Å². The molecular weight excluding hydrogens is 310 g/mol. The Morgan fingerprint density at radius 2 is 1.36 bits per heavy atom. The molecule has 2 aromatic carbocycles. The monoisotopic (exact) mass is 334 g/mol. The Morgan fingerprint density at radius 1 is 0.864 bits per heavy atom. The van der Waals surface area contributed by atoms with E-state index in [0.717, 1.165) is 24.3 Å². The molecule has 0 radical (unpaired) electrons. The zero-order chi connectivity index (χ0) is 15.8. The molecule has 2 unspecified atom stereocenters. The molecule has 0 bridgehead atoms. The van der Waals surface area contributed by atoms with E-state index in [0.29, 0.717) is 23.0 Å². The molecule has 2 aromatic rings. The highest BCUT2D eigenvalue weighted by Gasteiger charge is 2.11. The van der Waals surface area contributed by atoms with Crippen LogP contribution in [0.4, 0.5) is 0 Å². The van der Waals surface area contributed by atoms with Crippen molar-refractivity contribution in [2.45, 2.75) is 39.0 Å². The Labute approximate surface area is 137 Å². The summed E-state index contributed by atoms with van der Waals surface area (Å²) >= 11 is 0. The first-order valence-electron chi connectivity index (χ1n) is 7.65. The molecule has 0 aliphatic rings. The molecule has 0 N–H and O–H groups in total. The molecule has 2 rings (SSSR count). The third-order valence-corrected chi connectivity index (χ3v) is 5.76. The topological polar surface area (TPSA) is 18.5 Å². The maximum Gasteiger partial charge on any atom is 0.123 e. The highest BCUT2D eigenvalue weighted by Crippen LogP contribution is 2.40. The maximum atomic E-state index is 5.97. The van der Waals surface area contributed by atoms with E-state index in [-0.39, 0.29) is 0 Å². The highest BCUT2D eigenvalue weighted by atomic mass is 31.1. The molecule has 2 atom stereocenters. The van der Waals surface area contributed by atoms with Crippen molar-refractivity contribution in [3.8, 4) is 11.5 Å². The van der Waals surface area contributed by atoms with Crippen molar-refractivity contribution < 1.29 is 9.05 Å². The Kier molecular flexibility index (Phi) is 7.16. The molecule has 4 heteroatoms. The van der Waals surface area contributed by atoms with Crippen molar-refractivity contribution in [2.75, 3.05) is 0 Å². The van der Waals surface area contributed by atoms with Gasteiger partial charge in [-0.15, -0.1) is 0 Å². The number of hydrogen-bond acceptors (Lipinski definition) is 2. The summed E-state index contributed by atoms with van der Waals surface area (Å²) in [5, 5.41) is 0.464. The first-order chi connectivity index (χ1) is 10.7. The zero-order valence-corrected chi connectivity index (χ0v) is 15.4. The molecule has 22 heavy (non-hydrogen) atoms. The predicted molar refractivity (Wildman–Crippen MR) is 98.9 cm³/mol. The molecular formula is C18H24O2P2. The van der Waals surface area contributed by atoms with E-state index in [1.807, 2.05) is 24.3 Å². The summed E-state index contributed by atoms with van der Waals surface area (Å²) in [4.78, 5) is 0. The van der Waals surface area contributed by atoms with Crippen LogP contribution < -0.4 is 9.05 Å². The third-order valence-electron chi connectivity index (χ3n) is 3.19. The lowest BCUT2D eigenvalue weighted by Gasteiger charge is -2.17. The van der Waals surface area contributed by atoms with Crippen LogP contribution in [0, 0.1) is 13.8 Å². The van der Waals surface area contributed by atoms with Crippen LogP contribution in [0.15, 0.2) is 48.5 Å². The molecule has 0 heterocycles. The van der Waals surface area contributed by atoms with E-state index in [2.05, 4.69) is 45.0 Å². The van der Waals surface area contributed by atoms with E-state index in [9.17, 15) is 0 Å². The molecule has 0 saturated heterocycles. The van der Waals surface area contributed by atoms with Gasteiger partial charge in [-0.1, -0.05) is 37.6 Å². The van der Waals surface area contributed by atoms with Crippen LogP contribution in [-0.4, -0.2) is 5.40 Å². The van der Waals surface area contributed by atoms with Gasteiger partial charge >= 0.3 is 0 Å². The van der Waals surface area contributed by atoms with Crippen LogP contribution in [0.3, 0.4) is 0 Å². The van der Waals surface area contributed by atoms with E-state index >= 15 is 0 Å². The van der Waals surface area contributed by atoms with E-state index in [4.69, 9.17) is 9.05 Å². The number of rotatable bonds is 8. The van der Waals surface area contributed by atoms with Gasteiger partial charge in [0.1, 0.15) is 11.5 Å². The fraction of sp³-hybridized carbons (Fsp3) is 0.333. The summed E-state index contributed by atoms with van der Waals surface area (Å²) in [6.07, 6.45) is 2.29. The van der Waals surface area contributed by atoms with Gasteiger partial charge in [0.25, 0.3) is 0 Å².